The summed E-state index contributed by atoms with van der Waals surface area (Å²) in [6, 6.07) is 11.7. The molecule has 0 spiro atoms. The Balaban J connectivity index is 1.77. The van der Waals surface area contributed by atoms with Crippen molar-refractivity contribution in [3.05, 3.63) is 65.7 Å². The lowest BCUT2D eigenvalue weighted by Gasteiger charge is -2.13. The molecule has 3 rings (SSSR count). The summed E-state index contributed by atoms with van der Waals surface area (Å²) in [4.78, 5) is 12.2. The summed E-state index contributed by atoms with van der Waals surface area (Å²) in [6.45, 7) is 0.628. The Kier molecular flexibility index (Phi) is 5.81. The molecule has 2 aromatic carbocycles. The first-order chi connectivity index (χ1) is 13.1. The van der Waals surface area contributed by atoms with Crippen LogP contribution in [0.5, 0.6) is 17.2 Å². The van der Waals surface area contributed by atoms with Gasteiger partial charge in [-0.25, -0.2) is 0 Å². The zero-order valence-electron chi connectivity index (χ0n) is 15.1. The van der Waals surface area contributed by atoms with Gasteiger partial charge in [-0.3, -0.25) is 4.79 Å². The van der Waals surface area contributed by atoms with Crippen LogP contribution in [0.3, 0.4) is 0 Å². The van der Waals surface area contributed by atoms with Crippen molar-refractivity contribution < 1.29 is 24.5 Å². The van der Waals surface area contributed by atoms with E-state index < -0.39 is 5.78 Å². The van der Waals surface area contributed by atoms with Crippen molar-refractivity contribution in [2.45, 2.75) is 12.8 Å². The van der Waals surface area contributed by atoms with Crippen LogP contribution < -0.4 is 9.47 Å². The van der Waals surface area contributed by atoms with Gasteiger partial charge in [0.25, 0.3) is 0 Å². The Morgan fingerprint density at radius 3 is 2.67 bits per heavy atom. The number of benzene rings is 2. The van der Waals surface area contributed by atoms with Gasteiger partial charge in [-0.15, -0.1) is 0 Å². The molecule has 1 aliphatic rings. The maximum absolute atomic E-state index is 12.2. The van der Waals surface area contributed by atoms with Crippen molar-refractivity contribution in [2.75, 3.05) is 13.7 Å². The molecule has 0 amide bonds. The number of aliphatic hydroxyl groups excluding tert-OH is 1. The Morgan fingerprint density at radius 1 is 1.19 bits per heavy atom. The van der Waals surface area contributed by atoms with Crippen molar-refractivity contribution in [1.82, 2.24) is 0 Å². The maximum Gasteiger partial charge on any atom is 0.182 e. The van der Waals surface area contributed by atoms with Crippen molar-refractivity contribution in [2.24, 2.45) is 5.92 Å². The van der Waals surface area contributed by atoms with Crippen LogP contribution in [-0.4, -0.2) is 29.7 Å². The summed E-state index contributed by atoms with van der Waals surface area (Å²) >= 11 is 0. The summed E-state index contributed by atoms with van der Waals surface area (Å²) < 4.78 is 11.3. The number of carbonyl (C=O) groups excluding carboxylic acids is 1. The number of phenols is 1. The average Bonchev–Trinajstić information content (AvgIpc) is 3.49. The van der Waals surface area contributed by atoms with Crippen molar-refractivity contribution in [1.29, 1.82) is 0 Å². The highest BCUT2D eigenvalue weighted by Gasteiger charge is 2.23. The number of hydrogen-bond acceptors (Lipinski definition) is 5. The summed E-state index contributed by atoms with van der Waals surface area (Å²) in [7, 11) is 1.57. The van der Waals surface area contributed by atoms with Crippen LogP contribution in [0.1, 0.15) is 24.0 Å². The Hall–Kier alpha value is -3.21. The van der Waals surface area contributed by atoms with Gasteiger partial charge in [0.15, 0.2) is 17.3 Å². The monoisotopic (exact) mass is 366 g/mol. The molecule has 0 aliphatic heterocycles. The number of phenolic OH excluding ortho intramolecular Hbond substituents is 1. The minimum Gasteiger partial charge on any atom is -0.507 e. The summed E-state index contributed by atoms with van der Waals surface area (Å²) in [5.74, 6) is 1.01. The van der Waals surface area contributed by atoms with E-state index in [0.717, 1.165) is 11.6 Å². The molecule has 0 aromatic heterocycles. The van der Waals surface area contributed by atoms with Crippen LogP contribution in [-0.2, 0) is 4.79 Å². The normalized spacial score (nSPS) is 14.3. The molecule has 1 aliphatic carbocycles. The third-order valence-electron chi connectivity index (χ3n) is 4.28. The van der Waals surface area contributed by atoms with E-state index in [9.17, 15) is 15.0 Å². The SMILES string of the molecule is COc1cccc(C=CC(=O)C=C(O)c2ccccc2O)c1OCC1CC1. The highest BCUT2D eigenvalue weighted by molar-refractivity contribution is 6.05. The van der Waals surface area contributed by atoms with Crippen LogP contribution in [0.15, 0.2) is 54.6 Å². The fraction of sp³-hybridized carbons (Fsp3) is 0.227. The number of methoxy groups -OCH3 is 1. The molecule has 27 heavy (non-hydrogen) atoms. The van der Waals surface area contributed by atoms with Gasteiger partial charge in [0, 0.05) is 11.6 Å². The smallest absolute Gasteiger partial charge is 0.182 e. The molecule has 0 bridgehead atoms. The second kappa shape index (κ2) is 8.45. The molecule has 0 unspecified atom stereocenters. The quantitative estimate of drug-likeness (QED) is 0.536. The highest BCUT2D eigenvalue weighted by Crippen LogP contribution is 2.35. The number of para-hydroxylation sites is 2. The lowest BCUT2D eigenvalue weighted by molar-refractivity contribution is -0.110. The standard InChI is InChI=1S/C22H22O5/c1-26-21-8-4-5-16(22(21)27-14-15-9-10-15)11-12-17(23)13-20(25)18-6-2-3-7-19(18)24/h2-8,11-13,15,24-25H,9-10,14H2,1H3. The summed E-state index contributed by atoms with van der Waals surface area (Å²) in [5.41, 5.74) is 0.924. The first kappa shape index (κ1) is 18.6. The molecule has 0 heterocycles. The van der Waals surface area contributed by atoms with Gasteiger partial charge in [0.2, 0.25) is 0 Å². The molecular weight excluding hydrogens is 344 g/mol. The zero-order valence-corrected chi connectivity index (χ0v) is 15.1. The van der Waals surface area contributed by atoms with Gasteiger partial charge in [0.05, 0.1) is 19.3 Å². The Bertz CT molecular complexity index is 878. The van der Waals surface area contributed by atoms with Gasteiger partial charge in [0.1, 0.15) is 11.5 Å². The largest absolute Gasteiger partial charge is 0.507 e. The van der Waals surface area contributed by atoms with Gasteiger partial charge >= 0.3 is 0 Å². The molecule has 1 fully saturated rings. The third-order valence-corrected chi connectivity index (χ3v) is 4.28. The van der Waals surface area contributed by atoms with Gasteiger partial charge in [-0.2, -0.15) is 0 Å². The maximum atomic E-state index is 12.2. The average molecular weight is 366 g/mol. The van der Waals surface area contributed by atoms with Gasteiger partial charge < -0.3 is 19.7 Å². The van der Waals surface area contributed by atoms with Gasteiger partial charge in [-0.05, 0) is 49.1 Å². The minimum absolute atomic E-state index is 0.0911. The van der Waals surface area contributed by atoms with Crippen LogP contribution in [0, 0.1) is 5.92 Å². The molecular formula is C22H22O5. The first-order valence-electron chi connectivity index (χ1n) is 8.79. The first-order valence-corrected chi connectivity index (χ1v) is 8.79. The molecule has 5 heteroatoms. The molecule has 0 atom stereocenters. The van der Waals surface area contributed by atoms with E-state index in [-0.39, 0.29) is 17.1 Å². The van der Waals surface area contributed by atoms with Crippen LogP contribution in [0.4, 0.5) is 0 Å². The number of ether oxygens (including phenoxy) is 2. The summed E-state index contributed by atoms with van der Waals surface area (Å²) in [5, 5.41) is 19.8. The van der Waals surface area contributed by atoms with Crippen LogP contribution >= 0.6 is 0 Å². The molecule has 0 saturated heterocycles. The third kappa shape index (κ3) is 4.91. The van der Waals surface area contributed by atoms with Gasteiger partial charge in [-0.1, -0.05) is 24.3 Å². The number of aromatic hydroxyl groups is 1. The molecule has 2 aromatic rings. The van der Waals surface area contributed by atoms with Crippen LogP contribution in [0.2, 0.25) is 0 Å². The molecule has 0 radical (unpaired) electrons. The van der Waals surface area contributed by atoms with Crippen molar-refractivity contribution in [3.8, 4) is 17.2 Å². The van der Waals surface area contributed by atoms with Crippen molar-refractivity contribution in [3.63, 3.8) is 0 Å². The Labute approximate surface area is 158 Å². The van der Waals surface area contributed by atoms with E-state index in [0.29, 0.717) is 24.0 Å². The predicted molar refractivity (Wildman–Crippen MR) is 104 cm³/mol. The zero-order chi connectivity index (χ0) is 19.2. The Morgan fingerprint density at radius 2 is 1.96 bits per heavy atom. The highest BCUT2D eigenvalue weighted by atomic mass is 16.5. The molecule has 1 saturated carbocycles. The lowest BCUT2D eigenvalue weighted by Crippen LogP contribution is -2.02. The topological polar surface area (TPSA) is 76.0 Å². The second-order valence-corrected chi connectivity index (χ2v) is 6.42. The molecule has 5 nitrogen and oxygen atoms in total. The van der Waals surface area contributed by atoms with E-state index >= 15 is 0 Å². The minimum atomic E-state index is -0.410. The summed E-state index contributed by atoms with van der Waals surface area (Å²) in [6.07, 6.45) is 6.39. The second-order valence-electron chi connectivity index (χ2n) is 6.42. The number of ketones is 1. The van der Waals surface area contributed by atoms with Crippen LogP contribution in [0.25, 0.3) is 11.8 Å². The number of carbonyl (C=O) groups is 1. The molecule has 2 N–H and O–H groups in total. The number of allylic oxidation sites excluding steroid dienone is 2. The lowest BCUT2D eigenvalue weighted by atomic mass is 10.1. The predicted octanol–water partition coefficient (Wildman–Crippen LogP) is 4.37. The van der Waals surface area contributed by atoms with E-state index in [1.165, 1.54) is 31.1 Å². The van der Waals surface area contributed by atoms with Crippen molar-refractivity contribution >= 4 is 17.6 Å². The van der Waals surface area contributed by atoms with E-state index in [2.05, 4.69) is 0 Å². The fourth-order valence-corrected chi connectivity index (χ4v) is 2.59. The fourth-order valence-electron chi connectivity index (χ4n) is 2.59. The molecule has 140 valence electrons. The number of aliphatic hydroxyl groups is 1. The van der Waals surface area contributed by atoms with E-state index in [1.807, 2.05) is 18.2 Å². The number of hydrogen-bond donors (Lipinski definition) is 2. The van der Waals surface area contributed by atoms with E-state index in [4.69, 9.17) is 9.47 Å². The van der Waals surface area contributed by atoms with E-state index in [1.54, 1.807) is 25.3 Å². The number of rotatable bonds is 8.